The van der Waals surface area contributed by atoms with E-state index in [1.807, 2.05) is 0 Å². The summed E-state index contributed by atoms with van der Waals surface area (Å²) in [5.74, 6) is 0. The molecular weight excluding hydrogens is 532 g/mol. The van der Waals surface area contributed by atoms with Crippen molar-refractivity contribution in [1.29, 1.82) is 0 Å². The fraction of sp³-hybridized carbons (Fsp3) is 0.538. The Bertz CT molecular complexity index is 983. The Balaban J connectivity index is 0.000000551. The Kier molecular flexibility index (Phi) is 16.8. The van der Waals surface area contributed by atoms with Crippen LogP contribution in [0.15, 0.2) is 60.7 Å². The molecule has 38 heavy (non-hydrogen) atoms. The summed E-state index contributed by atoms with van der Waals surface area (Å²) in [4.78, 5) is 0. The summed E-state index contributed by atoms with van der Waals surface area (Å²) in [6.07, 6.45) is 0. The average Bonchev–Trinajstić information content (AvgIpc) is 2.91. The van der Waals surface area contributed by atoms with Crippen LogP contribution in [0.25, 0.3) is 0 Å². The maximum Gasteiger partial charge on any atom is 0.246 e. The minimum absolute atomic E-state index is 1.17. The molecule has 2 rings (SSSR count). The van der Waals surface area contributed by atoms with Crippen LogP contribution in [-0.2, 0) is 42.6 Å². The molecule has 0 N–H and O–H groups in total. The molecule has 0 aliphatic carbocycles. The summed E-state index contributed by atoms with van der Waals surface area (Å²) in [6.45, 7) is 23.4. The summed E-state index contributed by atoms with van der Waals surface area (Å²) in [5.41, 5.74) is 2.91. The van der Waals surface area contributed by atoms with E-state index in [1.165, 1.54) is 72.5 Å². The largest absolute Gasteiger partial charge is 0.724 e. The molecule has 10 nitrogen and oxygen atoms in total. The van der Waals surface area contributed by atoms with Crippen LogP contribution < -0.4 is 0 Å². The SMILES string of the molecule is CC[N+](CC)(CC)Cc1ccccc1.CC[N+](CC)(CC)Cc1ccccc1.O=S(=O)([O-])OOS(=O)(=O)[O-]. The summed E-state index contributed by atoms with van der Waals surface area (Å²) in [7, 11) is -10.6. The lowest BCUT2D eigenvalue weighted by atomic mass is 10.2. The van der Waals surface area contributed by atoms with Crippen LogP contribution in [0.3, 0.4) is 0 Å². The lowest BCUT2D eigenvalue weighted by molar-refractivity contribution is -0.936. The molecule has 0 unspecified atom stereocenters. The van der Waals surface area contributed by atoms with Gasteiger partial charge in [0.15, 0.2) is 0 Å². The number of benzene rings is 2. The molecule has 0 saturated carbocycles. The van der Waals surface area contributed by atoms with Gasteiger partial charge in [-0.25, -0.2) is 16.8 Å². The Morgan fingerprint density at radius 3 is 0.947 bits per heavy atom. The Hall–Kier alpha value is -1.90. The van der Waals surface area contributed by atoms with Gasteiger partial charge in [-0.05, 0) is 41.5 Å². The monoisotopic (exact) mass is 576 g/mol. The van der Waals surface area contributed by atoms with Crippen LogP contribution in [0.1, 0.15) is 52.7 Å². The molecule has 0 amide bonds. The van der Waals surface area contributed by atoms with Gasteiger partial charge < -0.3 is 18.1 Å². The number of quaternary nitrogens is 2. The molecule has 0 atom stereocenters. The number of nitrogens with zero attached hydrogens (tertiary/aromatic N) is 2. The maximum atomic E-state index is 9.37. The first kappa shape index (κ1) is 36.1. The topological polar surface area (TPSA) is 133 Å². The maximum absolute atomic E-state index is 9.37. The zero-order valence-electron chi connectivity index (χ0n) is 23.4. The van der Waals surface area contributed by atoms with Gasteiger partial charge in [0.25, 0.3) is 0 Å². The van der Waals surface area contributed by atoms with Crippen molar-refractivity contribution in [2.75, 3.05) is 39.3 Å². The Morgan fingerprint density at radius 1 is 0.526 bits per heavy atom. The molecule has 0 saturated heterocycles. The molecule has 2 aromatic rings. The van der Waals surface area contributed by atoms with Crippen molar-refractivity contribution in [2.45, 2.75) is 54.6 Å². The highest BCUT2D eigenvalue weighted by Crippen LogP contribution is 2.14. The van der Waals surface area contributed by atoms with Crippen LogP contribution in [0.4, 0.5) is 0 Å². The second-order valence-corrected chi connectivity index (χ2v) is 10.7. The average molecular weight is 577 g/mol. The van der Waals surface area contributed by atoms with Crippen LogP contribution in [0, 0.1) is 0 Å². The van der Waals surface area contributed by atoms with Crippen LogP contribution in [-0.4, -0.2) is 74.2 Å². The lowest BCUT2D eigenvalue weighted by Gasteiger charge is -2.35. The van der Waals surface area contributed by atoms with E-state index in [4.69, 9.17) is 0 Å². The van der Waals surface area contributed by atoms with Crippen LogP contribution >= 0.6 is 0 Å². The first-order valence-electron chi connectivity index (χ1n) is 12.8. The van der Waals surface area contributed by atoms with Crippen LogP contribution in [0.5, 0.6) is 0 Å². The first-order valence-corrected chi connectivity index (χ1v) is 15.5. The van der Waals surface area contributed by atoms with Crippen molar-refractivity contribution in [3.8, 4) is 0 Å². The molecule has 0 spiro atoms. The molecule has 0 aliphatic heterocycles. The van der Waals surface area contributed by atoms with Gasteiger partial charge in [0.2, 0.25) is 20.8 Å². The zero-order chi connectivity index (χ0) is 29.3. The van der Waals surface area contributed by atoms with Crippen LogP contribution in [0.2, 0.25) is 0 Å². The summed E-state index contributed by atoms with van der Waals surface area (Å²) in [5, 5.41) is 0. The van der Waals surface area contributed by atoms with E-state index >= 15 is 0 Å². The predicted octanol–water partition coefficient (Wildman–Crippen LogP) is 3.98. The quantitative estimate of drug-likeness (QED) is 0.115. The van der Waals surface area contributed by atoms with Gasteiger partial charge in [-0.2, -0.15) is 0 Å². The van der Waals surface area contributed by atoms with E-state index in [0.29, 0.717) is 0 Å². The predicted molar refractivity (Wildman–Crippen MR) is 146 cm³/mol. The van der Waals surface area contributed by atoms with Crippen molar-refractivity contribution in [3.05, 3.63) is 71.8 Å². The molecule has 0 radical (unpaired) electrons. The van der Waals surface area contributed by atoms with Gasteiger partial charge in [-0.1, -0.05) is 60.7 Å². The molecule has 12 heteroatoms. The fourth-order valence-corrected chi connectivity index (χ4v) is 4.57. The molecule has 0 heterocycles. The third kappa shape index (κ3) is 15.5. The lowest BCUT2D eigenvalue weighted by Crippen LogP contribution is -2.46. The highest BCUT2D eigenvalue weighted by atomic mass is 32.3. The number of hydrogen-bond acceptors (Lipinski definition) is 8. The highest BCUT2D eigenvalue weighted by Gasteiger charge is 2.21. The van der Waals surface area contributed by atoms with Crippen molar-refractivity contribution in [1.82, 2.24) is 0 Å². The molecule has 2 aromatic carbocycles. The third-order valence-electron chi connectivity index (χ3n) is 6.94. The van der Waals surface area contributed by atoms with E-state index in [-0.39, 0.29) is 0 Å². The molecule has 0 bridgehead atoms. The second kappa shape index (κ2) is 17.6. The van der Waals surface area contributed by atoms with Gasteiger partial charge in [0, 0.05) is 11.1 Å². The van der Waals surface area contributed by atoms with Crippen molar-refractivity contribution < 1.29 is 43.6 Å². The number of rotatable bonds is 13. The summed E-state index contributed by atoms with van der Waals surface area (Å²) < 4.78 is 63.8. The van der Waals surface area contributed by atoms with Gasteiger partial charge in [0.05, 0.1) is 39.3 Å². The third-order valence-corrected chi connectivity index (χ3v) is 7.50. The number of hydrogen-bond donors (Lipinski definition) is 0. The molecule has 218 valence electrons. The molecule has 0 fully saturated rings. The van der Waals surface area contributed by atoms with E-state index in [1.54, 1.807) is 0 Å². The summed E-state index contributed by atoms with van der Waals surface area (Å²) in [6, 6.07) is 21.6. The molecular formula is C26H44N2O8S2. The van der Waals surface area contributed by atoms with Crippen molar-refractivity contribution >= 4 is 20.8 Å². The zero-order valence-corrected chi connectivity index (χ0v) is 25.0. The van der Waals surface area contributed by atoms with Gasteiger partial charge in [-0.15, -0.1) is 8.67 Å². The molecule has 0 aliphatic rings. The molecule has 0 aromatic heterocycles. The van der Waals surface area contributed by atoms with Crippen molar-refractivity contribution in [2.24, 2.45) is 0 Å². The van der Waals surface area contributed by atoms with Gasteiger partial charge in [-0.3, -0.25) is 0 Å². The van der Waals surface area contributed by atoms with E-state index in [9.17, 15) is 25.9 Å². The standard InChI is InChI=1S/2C13H22N.H2O8S2/c2*1-4-14(5-2,6-3)12-13-10-8-7-9-11-13;1-9(2,3)7-8-10(4,5)6/h2*7-11H,4-6,12H2,1-3H3;(H,1,2,3)(H,4,5,6)/q2*+1;/p-2. The highest BCUT2D eigenvalue weighted by molar-refractivity contribution is 7.83. The second-order valence-electron chi connectivity index (χ2n) is 8.82. The van der Waals surface area contributed by atoms with E-state index in [2.05, 4.69) is 111 Å². The van der Waals surface area contributed by atoms with Crippen molar-refractivity contribution in [3.63, 3.8) is 0 Å². The van der Waals surface area contributed by atoms with E-state index in [0.717, 1.165) is 0 Å². The smallest absolute Gasteiger partial charge is 0.246 e. The minimum Gasteiger partial charge on any atom is -0.724 e. The normalized spacial score (nSPS) is 12.1. The summed E-state index contributed by atoms with van der Waals surface area (Å²) >= 11 is 0. The fourth-order valence-electron chi connectivity index (χ4n) is 4.02. The van der Waals surface area contributed by atoms with E-state index < -0.39 is 20.8 Å². The Labute approximate surface area is 229 Å². The van der Waals surface area contributed by atoms with Gasteiger partial charge in [0.1, 0.15) is 13.1 Å². The Morgan fingerprint density at radius 2 is 0.763 bits per heavy atom. The minimum atomic E-state index is -5.31. The first-order chi connectivity index (χ1) is 17.7. The van der Waals surface area contributed by atoms with Gasteiger partial charge >= 0.3 is 0 Å².